The summed E-state index contributed by atoms with van der Waals surface area (Å²) in [4.78, 5) is 18.7. The number of pyridine rings is 1. The summed E-state index contributed by atoms with van der Waals surface area (Å²) in [5.74, 6) is -0.639. The first-order chi connectivity index (χ1) is 10.6. The predicted octanol–water partition coefficient (Wildman–Crippen LogP) is 4.41. The minimum atomic E-state index is -4.45. The Bertz CT molecular complexity index is 765. The molecule has 2 aromatic rings. The lowest BCUT2D eigenvalue weighted by Crippen LogP contribution is -2.38. The second-order valence-corrected chi connectivity index (χ2v) is 6.41. The SMILES string of the molecule is C=CCN(CC(F)(F)F)C(=O)c1sc2nc(C)cc(C)c2c1C. The summed E-state index contributed by atoms with van der Waals surface area (Å²) in [5.41, 5.74) is 2.45. The molecule has 0 aromatic carbocycles. The fourth-order valence-electron chi connectivity index (χ4n) is 2.56. The summed E-state index contributed by atoms with van der Waals surface area (Å²) in [7, 11) is 0. The number of rotatable bonds is 4. The molecule has 0 atom stereocenters. The Morgan fingerprint density at radius 1 is 1.39 bits per heavy atom. The van der Waals surface area contributed by atoms with Gasteiger partial charge in [-0.15, -0.1) is 17.9 Å². The van der Waals surface area contributed by atoms with Gasteiger partial charge in [-0.2, -0.15) is 13.2 Å². The summed E-state index contributed by atoms with van der Waals surface area (Å²) in [6.45, 7) is 7.47. The van der Waals surface area contributed by atoms with Gasteiger partial charge in [-0.05, 0) is 38.0 Å². The van der Waals surface area contributed by atoms with E-state index < -0.39 is 18.6 Å². The molecule has 0 saturated heterocycles. The Labute approximate surface area is 136 Å². The molecule has 0 aliphatic rings. The maximum absolute atomic E-state index is 12.7. The quantitative estimate of drug-likeness (QED) is 0.771. The number of halogens is 3. The monoisotopic (exact) mass is 342 g/mol. The Morgan fingerprint density at radius 3 is 2.61 bits per heavy atom. The molecule has 0 radical (unpaired) electrons. The molecule has 0 N–H and O–H groups in total. The molecule has 7 heteroatoms. The smallest absolute Gasteiger partial charge is 0.325 e. The lowest BCUT2D eigenvalue weighted by molar-refractivity contribution is -0.139. The van der Waals surface area contributed by atoms with E-state index in [0.29, 0.717) is 15.3 Å². The largest absolute Gasteiger partial charge is 0.406 e. The second kappa shape index (κ2) is 6.31. The van der Waals surface area contributed by atoms with Gasteiger partial charge >= 0.3 is 6.18 Å². The molecule has 124 valence electrons. The maximum atomic E-state index is 12.7. The van der Waals surface area contributed by atoms with Gasteiger partial charge in [0.15, 0.2) is 0 Å². The highest BCUT2D eigenvalue weighted by Gasteiger charge is 2.34. The molecule has 2 heterocycles. The highest BCUT2D eigenvalue weighted by atomic mass is 32.1. The molecule has 0 unspecified atom stereocenters. The number of aryl methyl sites for hydroxylation is 3. The average Bonchev–Trinajstić information content (AvgIpc) is 2.73. The van der Waals surface area contributed by atoms with Gasteiger partial charge in [0.05, 0.1) is 4.88 Å². The van der Waals surface area contributed by atoms with E-state index in [4.69, 9.17) is 0 Å². The zero-order valence-corrected chi connectivity index (χ0v) is 13.9. The number of aromatic nitrogens is 1. The van der Waals surface area contributed by atoms with Crippen LogP contribution in [0.5, 0.6) is 0 Å². The normalized spacial score (nSPS) is 11.7. The van der Waals surface area contributed by atoms with E-state index in [1.165, 1.54) is 6.08 Å². The first kappa shape index (κ1) is 17.5. The molecule has 0 saturated carbocycles. The predicted molar refractivity (Wildman–Crippen MR) is 86.0 cm³/mol. The van der Waals surface area contributed by atoms with Gasteiger partial charge in [0.25, 0.3) is 5.91 Å². The Balaban J connectivity index is 2.49. The fourth-order valence-corrected chi connectivity index (χ4v) is 3.83. The average molecular weight is 342 g/mol. The van der Waals surface area contributed by atoms with Crippen LogP contribution in [0.15, 0.2) is 18.7 Å². The summed E-state index contributed by atoms with van der Waals surface area (Å²) in [6.07, 6.45) is -3.16. The zero-order chi connectivity index (χ0) is 17.4. The van der Waals surface area contributed by atoms with Gasteiger partial charge in [-0.3, -0.25) is 4.79 Å². The van der Waals surface area contributed by atoms with Crippen molar-refractivity contribution in [2.24, 2.45) is 0 Å². The van der Waals surface area contributed by atoms with Gasteiger partial charge in [0, 0.05) is 17.6 Å². The fraction of sp³-hybridized carbons (Fsp3) is 0.375. The molecule has 1 amide bonds. The van der Waals surface area contributed by atoms with Gasteiger partial charge < -0.3 is 4.90 Å². The zero-order valence-electron chi connectivity index (χ0n) is 13.1. The molecule has 2 aromatic heterocycles. The number of thiophene rings is 1. The molecule has 0 aliphatic carbocycles. The minimum absolute atomic E-state index is 0.155. The molecule has 0 bridgehead atoms. The summed E-state index contributed by atoms with van der Waals surface area (Å²) < 4.78 is 38.1. The molecular formula is C16H17F3N2OS. The minimum Gasteiger partial charge on any atom is -0.325 e. The third-order valence-corrected chi connectivity index (χ3v) is 4.60. The molecule has 3 nitrogen and oxygen atoms in total. The van der Waals surface area contributed by atoms with Crippen LogP contribution in [0.2, 0.25) is 0 Å². The van der Waals surface area contributed by atoms with E-state index in [-0.39, 0.29) is 6.54 Å². The Morgan fingerprint density at radius 2 is 2.04 bits per heavy atom. The van der Waals surface area contributed by atoms with Gasteiger partial charge in [0.2, 0.25) is 0 Å². The van der Waals surface area contributed by atoms with Crippen molar-refractivity contribution in [1.82, 2.24) is 9.88 Å². The second-order valence-electron chi connectivity index (χ2n) is 5.41. The maximum Gasteiger partial charge on any atom is 0.406 e. The van der Waals surface area contributed by atoms with E-state index >= 15 is 0 Å². The Hall–Kier alpha value is -1.89. The van der Waals surface area contributed by atoms with Crippen LogP contribution in [0.3, 0.4) is 0 Å². The van der Waals surface area contributed by atoms with Crippen molar-refractivity contribution in [2.75, 3.05) is 13.1 Å². The molecule has 2 rings (SSSR count). The van der Waals surface area contributed by atoms with E-state index in [1.54, 1.807) is 6.92 Å². The lowest BCUT2D eigenvalue weighted by atomic mass is 10.1. The van der Waals surface area contributed by atoms with Gasteiger partial charge in [0.1, 0.15) is 11.4 Å². The third-order valence-electron chi connectivity index (χ3n) is 3.43. The van der Waals surface area contributed by atoms with Crippen LogP contribution in [-0.4, -0.2) is 35.1 Å². The van der Waals surface area contributed by atoms with Crippen molar-refractivity contribution in [1.29, 1.82) is 0 Å². The highest BCUT2D eigenvalue weighted by molar-refractivity contribution is 7.20. The summed E-state index contributed by atoms with van der Waals surface area (Å²) in [5, 5.41) is 0.842. The van der Waals surface area contributed by atoms with E-state index in [9.17, 15) is 18.0 Å². The number of nitrogens with zero attached hydrogens (tertiary/aromatic N) is 2. The third kappa shape index (κ3) is 3.72. The highest BCUT2D eigenvalue weighted by Crippen LogP contribution is 2.33. The number of alkyl halides is 3. The number of fused-ring (bicyclic) bond motifs is 1. The number of carbonyl (C=O) groups excluding carboxylic acids is 1. The summed E-state index contributed by atoms with van der Waals surface area (Å²) in [6, 6.07) is 1.90. The standard InChI is InChI=1S/C16H17F3N2OS/c1-5-6-21(8-16(17,18)19)15(22)13-11(4)12-9(2)7-10(3)20-14(12)23-13/h5,7H,1,6,8H2,2-4H3. The lowest BCUT2D eigenvalue weighted by Gasteiger charge is -2.22. The number of hydrogen-bond acceptors (Lipinski definition) is 3. The topological polar surface area (TPSA) is 33.2 Å². The van der Waals surface area contributed by atoms with Crippen molar-refractivity contribution in [2.45, 2.75) is 26.9 Å². The van der Waals surface area contributed by atoms with E-state index in [1.807, 2.05) is 19.9 Å². The van der Waals surface area contributed by atoms with Crippen LogP contribution in [0.25, 0.3) is 10.2 Å². The Kier molecular flexibility index (Phi) is 4.79. The van der Waals surface area contributed by atoms with E-state index in [2.05, 4.69) is 11.6 Å². The molecule has 0 spiro atoms. The first-order valence-electron chi connectivity index (χ1n) is 6.98. The molecule has 0 aliphatic heterocycles. The molecule has 0 fully saturated rings. The van der Waals surface area contributed by atoms with Crippen molar-refractivity contribution in [3.63, 3.8) is 0 Å². The van der Waals surface area contributed by atoms with Gasteiger partial charge in [-0.1, -0.05) is 6.08 Å². The number of hydrogen-bond donors (Lipinski definition) is 0. The van der Waals surface area contributed by atoms with Crippen LogP contribution < -0.4 is 0 Å². The molecular weight excluding hydrogens is 325 g/mol. The number of carbonyl (C=O) groups is 1. The molecule has 23 heavy (non-hydrogen) atoms. The summed E-state index contributed by atoms with van der Waals surface area (Å²) >= 11 is 1.14. The van der Waals surface area contributed by atoms with E-state index in [0.717, 1.165) is 32.9 Å². The van der Waals surface area contributed by atoms with Crippen molar-refractivity contribution >= 4 is 27.5 Å². The van der Waals surface area contributed by atoms with Crippen LogP contribution in [-0.2, 0) is 0 Å². The first-order valence-corrected chi connectivity index (χ1v) is 7.80. The van der Waals surface area contributed by atoms with Crippen LogP contribution in [0.4, 0.5) is 13.2 Å². The van der Waals surface area contributed by atoms with Crippen LogP contribution in [0, 0.1) is 20.8 Å². The van der Waals surface area contributed by atoms with Gasteiger partial charge in [-0.25, -0.2) is 4.98 Å². The van der Waals surface area contributed by atoms with Crippen LogP contribution in [0.1, 0.15) is 26.5 Å². The van der Waals surface area contributed by atoms with Crippen molar-refractivity contribution in [3.8, 4) is 0 Å². The number of amides is 1. The van der Waals surface area contributed by atoms with Crippen molar-refractivity contribution < 1.29 is 18.0 Å². The van der Waals surface area contributed by atoms with Crippen molar-refractivity contribution in [3.05, 3.63) is 40.4 Å². The van der Waals surface area contributed by atoms with Crippen LogP contribution >= 0.6 is 11.3 Å².